The lowest BCUT2D eigenvalue weighted by Crippen LogP contribution is -2.09. The number of aromatic nitrogens is 2. The molecule has 5 heteroatoms. The van der Waals surface area contributed by atoms with Crippen molar-refractivity contribution in [3.63, 3.8) is 0 Å². The summed E-state index contributed by atoms with van der Waals surface area (Å²) in [5.41, 5.74) is 2.02. The molecule has 0 spiro atoms. The van der Waals surface area contributed by atoms with Crippen molar-refractivity contribution in [3.8, 4) is 11.5 Å². The Morgan fingerprint density at radius 1 is 0.852 bits per heavy atom. The minimum atomic E-state index is 0.0716. The van der Waals surface area contributed by atoms with Gasteiger partial charge in [-0.3, -0.25) is 0 Å². The molecular weight excluding hydrogens is 338 g/mol. The molecule has 0 aliphatic carbocycles. The average molecular weight is 359 g/mol. The van der Waals surface area contributed by atoms with E-state index in [1.807, 2.05) is 12.1 Å². The maximum Gasteiger partial charge on any atom is 0.162 e. The Hall–Kier alpha value is -3.34. The number of fused-ring (bicyclic) bond motifs is 2. The summed E-state index contributed by atoms with van der Waals surface area (Å²) in [5.74, 6) is 2.07. The molecule has 1 N–H and O–H groups in total. The van der Waals surface area contributed by atoms with Crippen molar-refractivity contribution in [2.75, 3.05) is 19.5 Å². The van der Waals surface area contributed by atoms with Crippen LogP contribution in [0.1, 0.15) is 18.5 Å². The van der Waals surface area contributed by atoms with Crippen LogP contribution in [0.2, 0.25) is 0 Å². The van der Waals surface area contributed by atoms with Crippen LogP contribution in [-0.4, -0.2) is 24.2 Å². The fourth-order valence-corrected chi connectivity index (χ4v) is 3.41. The predicted molar refractivity (Wildman–Crippen MR) is 109 cm³/mol. The summed E-state index contributed by atoms with van der Waals surface area (Å²) in [7, 11) is 3.24. The van der Waals surface area contributed by atoms with Crippen LogP contribution in [0, 0.1) is 0 Å². The third-order valence-electron chi connectivity index (χ3n) is 4.78. The van der Waals surface area contributed by atoms with Crippen LogP contribution >= 0.6 is 0 Å². The number of hydrogen-bond acceptors (Lipinski definition) is 5. The first-order chi connectivity index (χ1) is 13.2. The lowest BCUT2D eigenvalue weighted by Gasteiger charge is -2.18. The molecule has 0 fully saturated rings. The second-order valence-corrected chi connectivity index (χ2v) is 6.38. The Labute approximate surface area is 158 Å². The first-order valence-electron chi connectivity index (χ1n) is 8.82. The second kappa shape index (κ2) is 7.11. The minimum absolute atomic E-state index is 0.0716. The van der Waals surface area contributed by atoms with E-state index in [4.69, 9.17) is 9.47 Å². The number of benzene rings is 3. The number of anilines is 1. The van der Waals surface area contributed by atoms with Crippen LogP contribution < -0.4 is 14.8 Å². The van der Waals surface area contributed by atoms with Gasteiger partial charge in [0.2, 0.25) is 0 Å². The van der Waals surface area contributed by atoms with E-state index in [-0.39, 0.29) is 6.04 Å². The predicted octanol–water partition coefficient (Wildman–Crippen LogP) is 4.97. The number of hydrogen-bond donors (Lipinski definition) is 1. The second-order valence-electron chi connectivity index (χ2n) is 6.38. The van der Waals surface area contributed by atoms with Crippen molar-refractivity contribution in [1.29, 1.82) is 0 Å². The van der Waals surface area contributed by atoms with Gasteiger partial charge >= 0.3 is 0 Å². The van der Waals surface area contributed by atoms with E-state index < -0.39 is 0 Å². The topological polar surface area (TPSA) is 56.3 Å². The van der Waals surface area contributed by atoms with Crippen LogP contribution in [0.4, 0.5) is 5.82 Å². The van der Waals surface area contributed by atoms with Gasteiger partial charge in [0.1, 0.15) is 12.1 Å². The van der Waals surface area contributed by atoms with Crippen LogP contribution in [0.5, 0.6) is 11.5 Å². The van der Waals surface area contributed by atoms with Crippen LogP contribution in [-0.2, 0) is 0 Å². The monoisotopic (exact) mass is 359 g/mol. The largest absolute Gasteiger partial charge is 0.493 e. The van der Waals surface area contributed by atoms with Crippen LogP contribution in [0.25, 0.3) is 21.7 Å². The van der Waals surface area contributed by atoms with Gasteiger partial charge in [-0.25, -0.2) is 9.97 Å². The Morgan fingerprint density at radius 3 is 2.41 bits per heavy atom. The van der Waals surface area contributed by atoms with Crippen LogP contribution in [0.15, 0.2) is 60.9 Å². The lowest BCUT2D eigenvalue weighted by atomic mass is 9.99. The first-order valence-corrected chi connectivity index (χ1v) is 8.82. The molecule has 0 bridgehead atoms. The van der Waals surface area contributed by atoms with E-state index in [9.17, 15) is 0 Å². The summed E-state index contributed by atoms with van der Waals surface area (Å²) in [6, 6.07) is 18.6. The number of ether oxygens (including phenoxy) is 2. The van der Waals surface area contributed by atoms with E-state index in [2.05, 4.69) is 64.7 Å². The normalized spacial score (nSPS) is 12.1. The SMILES string of the molecule is COc1cc2ncnc(NC(C)c3cccc4ccccc34)c2cc1OC. The van der Waals surface area contributed by atoms with E-state index >= 15 is 0 Å². The number of nitrogens with zero attached hydrogens (tertiary/aromatic N) is 2. The molecule has 0 aliphatic rings. The zero-order valence-corrected chi connectivity index (χ0v) is 15.6. The Kier molecular flexibility index (Phi) is 4.50. The Bertz CT molecular complexity index is 1110. The van der Waals surface area contributed by atoms with Gasteiger partial charge in [0.05, 0.1) is 25.8 Å². The van der Waals surface area contributed by atoms with Gasteiger partial charge in [0, 0.05) is 11.5 Å². The third kappa shape index (κ3) is 3.12. The summed E-state index contributed by atoms with van der Waals surface area (Å²) in [5, 5.41) is 6.88. The summed E-state index contributed by atoms with van der Waals surface area (Å²) < 4.78 is 10.8. The van der Waals surface area contributed by atoms with E-state index in [1.54, 1.807) is 20.5 Å². The third-order valence-corrected chi connectivity index (χ3v) is 4.78. The van der Waals surface area contributed by atoms with Gasteiger partial charge in [-0.15, -0.1) is 0 Å². The van der Waals surface area contributed by atoms with Crippen LogP contribution in [0.3, 0.4) is 0 Å². The van der Waals surface area contributed by atoms with Crippen molar-refractivity contribution < 1.29 is 9.47 Å². The number of rotatable bonds is 5. The molecule has 1 aromatic heterocycles. The smallest absolute Gasteiger partial charge is 0.162 e. The lowest BCUT2D eigenvalue weighted by molar-refractivity contribution is 0.356. The Balaban J connectivity index is 1.76. The van der Waals surface area contributed by atoms with Gasteiger partial charge in [0.15, 0.2) is 11.5 Å². The standard InChI is InChI=1S/C22H21N3O2/c1-14(16-10-6-8-15-7-4-5-9-17(15)16)25-22-18-11-20(26-2)21(27-3)12-19(18)23-13-24-22/h4-14H,1-3H3,(H,23,24,25). The molecular formula is C22H21N3O2. The maximum absolute atomic E-state index is 5.44. The Morgan fingerprint density at radius 2 is 1.59 bits per heavy atom. The molecule has 5 nitrogen and oxygen atoms in total. The first kappa shape index (κ1) is 17.1. The van der Waals surface area contributed by atoms with Gasteiger partial charge in [0.25, 0.3) is 0 Å². The fourth-order valence-electron chi connectivity index (χ4n) is 3.41. The highest BCUT2D eigenvalue weighted by Crippen LogP contribution is 2.35. The van der Waals surface area contributed by atoms with Crippen molar-refractivity contribution >= 4 is 27.5 Å². The molecule has 0 aliphatic heterocycles. The molecule has 0 radical (unpaired) electrons. The van der Waals surface area contributed by atoms with E-state index in [0.29, 0.717) is 11.5 Å². The summed E-state index contributed by atoms with van der Waals surface area (Å²) in [4.78, 5) is 8.83. The summed E-state index contributed by atoms with van der Waals surface area (Å²) in [6.07, 6.45) is 1.56. The van der Waals surface area contributed by atoms with Gasteiger partial charge < -0.3 is 14.8 Å². The highest BCUT2D eigenvalue weighted by molar-refractivity contribution is 5.92. The molecule has 1 unspecified atom stereocenters. The van der Waals surface area contributed by atoms with Gasteiger partial charge in [-0.2, -0.15) is 0 Å². The molecule has 27 heavy (non-hydrogen) atoms. The van der Waals surface area contributed by atoms with E-state index in [0.717, 1.165) is 16.7 Å². The maximum atomic E-state index is 5.44. The molecule has 3 aromatic carbocycles. The fraction of sp³-hybridized carbons (Fsp3) is 0.182. The van der Waals surface area contributed by atoms with Crippen molar-refractivity contribution in [1.82, 2.24) is 9.97 Å². The molecule has 0 saturated heterocycles. The quantitative estimate of drug-likeness (QED) is 0.545. The van der Waals surface area contributed by atoms with E-state index in [1.165, 1.54) is 16.3 Å². The molecule has 4 rings (SSSR count). The van der Waals surface area contributed by atoms with Crippen molar-refractivity contribution in [3.05, 3.63) is 66.5 Å². The zero-order valence-electron chi connectivity index (χ0n) is 15.6. The molecule has 1 heterocycles. The molecule has 0 amide bonds. The van der Waals surface area contributed by atoms with Crippen molar-refractivity contribution in [2.24, 2.45) is 0 Å². The minimum Gasteiger partial charge on any atom is -0.493 e. The highest BCUT2D eigenvalue weighted by Gasteiger charge is 2.14. The number of methoxy groups -OCH3 is 2. The zero-order chi connectivity index (χ0) is 18.8. The van der Waals surface area contributed by atoms with Crippen molar-refractivity contribution in [2.45, 2.75) is 13.0 Å². The molecule has 1 atom stereocenters. The summed E-state index contributed by atoms with van der Waals surface area (Å²) in [6.45, 7) is 2.14. The van der Waals surface area contributed by atoms with Gasteiger partial charge in [-0.05, 0) is 29.3 Å². The molecule has 4 aromatic rings. The molecule has 0 saturated carbocycles. The highest BCUT2D eigenvalue weighted by atomic mass is 16.5. The van der Waals surface area contributed by atoms with Gasteiger partial charge in [-0.1, -0.05) is 42.5 Å². The average Bonchev–Trinajstić information content (AvgIpc) is 2.72. The molecule has 136 valence electrons. The number of nitrogens with one attached hydrogen (secondary N) is 1. The summed E-state index contributed by atoms with van der Waals surface area (Å²) >= 11 is 0.